The van der Waals surface area contributed by atoms with E-state index >= 15 is 0 Å². The van der Waals surface area contributed by atoms with Gasteiger partial charge in [-0.3, -0.25) is 4.79 Å². The Morgan fingerprint density at radius 2 is 2.17 bits per heavy atom. The third kappa shape index (κ3) is 7.91. The van der Waals surface area contributed by atoms with E-state index in [1.54, 1.807) is 33.1 Å². The van der Waals surface area contributed by atoms with Gasteiger partial charge in [-0.1, -0.05) is 5.16 Å². The number of thiazole rings is 1. The summed E-state index contributed by atoms with van der Waals surface area (Å²) in [5.41, 5.74) is 5.68. The van der Waals surface area contributed by atoms with Gasteiger partial charge in [-0.15, -0.1) is 11.3 Å². The molecule has 0 amide bonds. The molecule has 24 heavy (non-hydrogen) atoms. The minimum absolute atomic E-state index is 0.0539. The smallest absolute Gasteiger partial charge is 0.352 e. The average molecular weight is 357 g/mol. The van der Waals surface area contributed by atoms with E-state index in [-0.39, 0.29) is 31.5 Å². The molecule has 0 radical (unpaired) electrons. The molecular formula is C15H23N3O5S. The average Bonchev–Trinajstić information content (AvgIpc) is 2.87. The zero-order valence-corrected chi connectivity index (χ0v) is 15.1. The molecule has 0 saturated heterocycles. The fourth-order valence-electron chi connectivity index (χ4n) is 1.71. The number of carbonyl (C=O) groups is 2. The Labute approximate surface area is 145 Å². The van der Waals surface area contributed by atoms with Crippen LogP contribution in [0.5, 0.6) is 0 Å². The quantitative estimate of drug-likeness (QED) is 0.430. The number of hydrogen-bond donors (Lipinski definition) is 1. The van der Waals surface area contributed by atoms with Crippen LogP contribution in [-0.2, 0) is 23.9 Å². The molecule has 1 unspecified atom stereocenters. The highest BCUT2D eigenvalue weighted by Crippen LogP contribution is 2.25. The second kappa shape index (κ2) is 9.21. The molecule has 0 aliphatic heterocycles. The molecular weight excluding hydrogens is 334 g/mol. The number of oxime groups is 1. The molecule has 1 aromatic heterocycles. The van der Waals surface area contributed by atoms with Crippen molar-refractivity contribution >= 4 is 34.6 Å². The largest absolute Gasteiger partial charge is 0.462 e. The Hall–Kier alpha value is -2.16. The van der Waals surface area contributed by atoms with Gasteiger partial charge >= 0.3 is 11.9 Å². The van der Waals surface area contributed by atoms with Gasteiger partial charge in [0, 0.05) is 11.3 Å². The van der Waals surface area contributed by atoms with Crippen LogP contribution in [-0.4, -0.2) is 42.0 Å². The highest BCUT2D eigenvalue weighted by molar-refractivity contribution is 7.13. The predicted octanol–water partition coefficient (Wildman–Crippen LogP) is 2.11. The zero-order chi connectivity index (χ0) is 18.2. The summed E-state index contributed by atoms with van der Waals surface area (Å²) in [6.45, 7) is 7.38. The number of esters is 2. The van der Waals surface area contributed by atoms with Crippen molar-refractivity contribution in [1.29, 1.82) is 0 Å². The van der Waals surface area contributed by atoms with Gasteiger partial charge in [0.2, 0.25) is 0 Å². The van der Waals surface area contributed by atoms with Crippen LogP contribution in [0.1, 0.15) is 45.7 Å². The Morgan fingerprint density at radius 1 is 1.46 bits per heavy atom. The lowest BCUT2D eigenvalue weighted by atomic mass is 10.0. The van der Waals surface area contributed by atoms with Gasteiger partial charge < -0.3 is 20.0 Å². The maximum atomic E-state index is 12.0. The van der Waals surface area contributed by atoms with Crippen molar-refractivity contribution in [2.75, 3.05) is 18.9 Å². The number of anilines is 1. The van der Waals surface area contributed by atoms with Crippen molar-refractivity contribution in [3.8, 4) is 0 Å². The van der Waals surface area contributed by atoms with Crippen LogP contribution in [0, 0.1) is 0 Å². The Morgan fingerprint density at radius 3 is 2.71 bits per heavy atom. The number of carbonyl (C=O) groups excluding carboxylic acids is 2. The minimum Gasteiger partial charge on any atom is -0.462 e. The Kier molecular flexibility index (Phi) is 7.63. The second-order valence-electron chi connectivity index (χ2n) is 5.88. The molecule has 1 heterocycles. The maximum absolute atomic E-state index is 12.0. The van der Waals surface area contributed by atoms with Crippen LogP contribution in [0.15, 0.2) is 10.5 Å². The molecule has 0 aliphatic rings. The van der Waals surface area contributed by atoms with Crippen LogP contribution in [0.2, 0.25) is 0 Å². The van der Waals surface area contributed by atoms with E-state index in [4.69, 9.17) is 15.3 Å². The molecule has 2 N–H and O–H groups in total. The van der Waals surface area contributed by atoms with Gasteiger partial charge in [0.05, 0.1) is 18.7 Å². The summed E-state index contributed by atoms with van der Waals surface area (Å²) in [7, 11) is 0. The van der Waals surface area contributed by atoms with Crippen LogP contribution < -0.4 is 5.73 Å². The predicted molar refractivity (Wildman–Crippen MR) is 90.8 cm³/mol. The molecule has 0 saturated carbocycles. The molecule has 8 nitrogen and oxygen atoms in total. The molecule has 1 rings (SSSR count). The van der Waals surface area contributed by atoms with Crippen molar-refractivity contribution in [2.24, 2.45) is 5.16 Å². The number of nitrogen functional groups attached to an aromatic ring is 1. The van der Waals surface area contributed by atoms with Crippen molar-refractivity contribution in [2.45, 2.75) is 45.6 Å². The number of aromatic nitrogens is 1. The first kappa shape index (κ1) is 19.9. The number of ether oxygens (including phenoxy) is 2. The molecule has 0 bridgehead atoms. The van der Waals surface area contributed by atoms with Gasteiger partial charge in [0.25, 0.3) is 0 Å². The molecule has 0 fully saturated rings. The van der Waals surface area contributed by atoms with E-state index in [9.17, 15) is 9.59 Å². The van der Waals surface area contributed by atoms with Crippen LogP contribution in [0.3, 0.4) is 0 Å². The lowest BCUT2D eigenvalue weighted by molar-refractivity contribution is -0.155. The van der Waals surface area contributed by atoms with E-state index < -0.39 is 11.6 Å². The SMILES string of the molecule is CCOC(=O)C=NOCC(CC(=O)OC(C)(C)C)c1csc(N)n1. The number of hydrogen-bond acceptors (Lipinski definition) is 9. The maximum Gasteiger partial charge on any atom is 0.352 e. The topological polar surface area (TPSA) is 113 Å². The third-order valence-electron chi connectivity index (χ3n) is 2.59. The Balaban J connectivity index is 2.66. The number of nitrogens with two attached hydrogens (primary N) is 1. The summed E-state index contributed by atoms with van der Waals surface area (Å²) in [5, 5.41) is 5.69. The van der Waals surface area contributed by atoms with Crippen LogP contribution in [0.25, 0.3) is 0 Å². The number of rotatable bonds is 8. The standard InChI is InChI=1S/C15H23N3O5S/c1-5-21-13(20)7-17-22-8-10(11-9-24-14(16)18-11)6-12(19)23-15(2,3)4/h7,9-10H,5-6,8H2,1-4H3,(H2,16,18). The van der Waals surface area contributed by atoms with Crippen LogP contribution >= 0.6 is 11.3 Å². The third-order valence-corrected chi connectivity index (χ3v) is 3.28. The van der Waals surface area contributed by atoms with E-state index in [0.29, 0.717) is 10.8 Å². The number of nitrogens with zero attached hydrogens (tertiary/aromatic N) is 2. The highest BCUT2D eigenvalue weighted by Gasteiger charge is 2.24. The molecule has 1 atom stereocenters. The summed E-state index contributed by atoms with van der Waals surface area (Å²) in [6.07, 6.45) is 0.999. The fraction of sp³-hybridized carbons (Fsp3) is 0.600. The first-order chi connectivity index (χ1) is 11.2. The lowest BCUT2D eigenvalue weighted by Gasteiger charge is -2.21. The second-order valence-corrected chi connectivity index (χ2v) is 6.77. The van der Waals surface area contributed by atoms with Crippen molar-refractivity contribution in [1.82, 2.24) is 4.98 Å². The summed E-state index contributed by atoms with van der Waals surface area (Å²) in [5.74, 6) is -1.36. The molecule has 1 aromatic rings. The first-order valence-corrected chi connectivity index (χ1v) is 8.34. The normalized spacial score (nSPS) is 12.8. The first-order valence-electron chi connectivity index (χ1n) is 7.46. The van der Waals surface area contributed by atoms with E-state index in [1.165, 1.54) is 11.3 Å². The van der Waals surface area contributed by atoms with Gasteiger partial charge in [0.15, 0.2) is 11.3 Å². The monoisotopic (exact) mass is 357 g/mol. The summed E-state index contributed by atoms with van der Waals surface area (Å²) in [6, 6.07) is 0. The zero-order valence-electron chi connectivity index (χ0n) is 14.3. The van der Waals surface area contributed by atoms with Crippen molar-refractivity contribution < 1.29 is 23.9 Å². The molecule has 134 valence electrons. The molecule has 0 aliphatic carbocycles. The van der Waals surface area contributed by atoms with Gasteiger partial charge in [-0.25, -0.2) is 9.78 Å². The molecule has 0 aromatic carbocycles. The van der Waals surface area contributed by atoms with Crippen LogP contribution in [0.4, 0.5) is 5.13 Å². The van der Waals surface area contributed by atoms with Gasteiger partial charge in [-0.2, -0.15) is 0 Å². The van der Waals surface area contributed by atoms with Crippen molar-refractivity contribution in [3.63, 3.8) is 0 Å². The summed E-state index contributed by atoms with van der Waals surface area (Å²) < 4.78 is 10.00. The Bertz CT molecular complexity index is 580. The van der Waals surface area contributed by atoms with E-state index in [0.717, 1.165) is 6.21 Å². The molecule has 0 spiro atoms. The van der Waals surface area contributed by atoms with E-state index in [1.807, 2.05) is 0 Å². The van der Waals surface area contributed by atoms with Gasteiger partial charge in [0.1, 0.15) is 12.2 Å². The highest BCUT2D eigenvalue weighted by atomic mass is 32.1. The van der Waals surface area contributed by atoms with E-state index in [2.05, 4.69) is 14.9 Å². The lowest BCUT2D eigenvalue weighted by Crippen LogP contribution is -2.25. The molecule has 9 heteroatoms. The van der Waals surface area contributed by atoms with Crippen molar-refractivity contribution in [3.05, 3.63) is 11.1 Å². The van der Waals surface area contributed by atoms with Gasteiger partial charge in [-0.05, 0) is 27.7 Å². The fourth-order valence-corrected chi connectivity index (χ4v) is 2.36. The minimum atomic E-state index is -0.598. The summed E-state index contributed by atoms with van der Waals surface area (Å²) >= 11 is 1.27. The summed E-state index contributed by atoms with van der Waals surface area (Å²) in [4.78, 5) is 32.4.